The van der Waals surface area contributed by atoms with Gasteiger partial charge in [0.15, 0.2) is 22.4 Å². The van der Waals surface area contributed by atoms with Gasteiger partial charge in [0.2, 0.25) is 5.89 Å². The number of hydrogen-bond donors (Lipinski definition) is 2. The van der Waals surface area contributed by atoms with Gasteiger partial charge < -0.3 is 14.5 Å². The Hall–Kier alpha value is -3.20. The summed E-state index contributed by atoms with van der Waals surface area (Å²) in [4.78, 5) is 21.1. The second-order valence-corrected chi connectivity index (χ2v) is 8.40. The zero-order valence-corrected chi connectivity index (χ0v) is 19.9. The molecule has 0 saturated heterocycles. The van der Waals surface area contributed by atoms with Crippen LogP contribution in [0.4, 0.5) is 5.69 Å². The van der Waals surface area contributed by atoms with E-state index < -0.39 is 12.0 Å². The molecule has 1 amide bonds. The van der Waals surface area contributed by atoms with E-state index in [1.807, 2.05) is 31.2 Å². The predicted octanol–water partition coefficient (Wildman–Crippen LogP) is 5.79. The largest absolute Gasteiger partial charge is 0.479 e. The number of ether oxygens (including phenoxy) is 1. The van der Waals surface area contributed by atoms with E-state index in [1.54, 1.807) is 37.4 Å². The molecule has 2 aromatic carbocycles. The van der Waals surface area contributed by atoms with Crippen LogP contribution in [0.3, 0.4) is 0 Å². The lowest BCUT2D eigenvalue weighted by Gasteiger charge is -2.17. The SMILES string of the molecule is Cc1cc(-c2nc3ncccc3o2)ccc1NC(=S)NC(=O)[C@H](C)Oc1ccc(Cl)cc1Cl. The van der Waals surface area contributed by atoms with Crippen LogP contribution < -0.4 is 15.4 Å². The molecule has 1 atom stereocenters. The van der Waals surface area contributed by atoms with Crippen molar-refractivity contribution in [3.8, 4) is 17.2 Å². The van der Waals surface area contributed by atoms with Crippen molar-refractivity contribution >= 4 is 63.4 Å². The van der Waals surface area contributed by atoms with Crippen molar-refractivity contribution in [2.75, 3.05) is 5.32 Å². The minimum Gasteiger partial charge on any atom is -0.479 e. The average Bonchev–Trinajstić information content (AvgIpc) is 3.21. The number of nitrogens with zero attached hydrogens (tertiary/aromatic N) is 2. The van der Waals surface area contributed by atoms with Crippen molar-refractivity contribution in [3.63, 3.8) is 0 Å². The fraction of sp³-hybridized carbons (Fsp3) is 0.130. The molecular weight excluding hydrogens is 483 g/mol. The summed E-state index contributed by atoms with van der Waals surface area (Å²) in [6.07, 6.45) is 0.831. The number of rotatable bonds is 5. The van der Waals surface area contributed by atoms with E-state index in [0.29, 0.717) is 32.9 Å². The number of aromatic nitrogens is 2. The van der Waals surface area contributed by atoms with E-state index in [9.17, 15) is 4.79 Å². The summed E-state index contributed by atoms with van der Waals surface area (Å²) >= 11 is 17.3. The maximum absolute atomic E-state index is 12.5. The molecule has 2 N–H and O–H groups in total. The molecule has 2 aromatic heterocycles. The number of pyridine rings is 1. The number of oxazole rings is 1. The van der Waals surface area contributed by atoms with Crippen molar-refractivity contribution in [2.24, 2.45) is 0 Å². The molecule has 0 bridgehead atoms. The summed E-state index contributed by atoms with van der Waals surface area (Å²) in [5.74, 6) is 0.399. The molecule has 4 aromatic rings. The maximum Gasteiger partial charge on any atom is 0.266 e. The zero-order chi connectivity index (χ0) is 23.5. The Bertz CT molecular complexity index is 1330. The molecule has 33 heavy (non-hydrogen) atoms. The van der Waals surface area contributed by atoms with E-state index in [1.165, 1.54) is 0 Å². The molecule has 4 rings (SSSR count). The van der Waals surface area contributed by atoms with E-state index in [-0.39, 0.29) is 5.11 Å². The first kappa shape index (κ1) is 23.0. The first-order chi connectivity index (χ1) is 15.8. The monoisotopic (exact) mass is 500 g/mol. The Kier molecular flexibility index (Phi) is 6.78. The average molecular weight is 501 g/mol. The molecule has 168 valence electrons. The number of benzene rings is 2. The molecule has 2 heterocycles. The van der Waals surface area contributed by atoms with Gasteiger partial charge in [-0.1, -0.05) is 23.2 Å². The van der Waals surface area contributed by atoms with Gasteiger partial charge >= 0.3 is 0 Å². The summed E-state index contributed by atoms with van der Waals surface area (Å²) in [5, 5.41) is 6.57. The van der Waals surface area contributed by atoms with Crippen molar-refractivity contribution in [1.82, 2.24) is 15.3 Å². The summed E-state index contributed by atoms with van der Waals surface area (Å²) < 4.78 is 11.4. The Morgan fingerprint density at radius 3 is 2.73 bits per heavy atom. The van der Waals surface area contributed by atoms with Gasteiger partial charge in [-0.05, 0) is 80.2 Å². The number of fused-ring (bicyclic) bond motifs is 1. The van der Waals surface area contributed by atoms with Gasteiger partial charge in [-0.15, -0.1) is 0 Å². The van der Waals surface area contributed by atoms with E-state index in [0.717, 1.165) is 16.8 Å². The number of halogens is 2. The molecule has 10 heteroatoms. The Morgan fingerprint density at radius 1 is 1.18 bits per heavy atom. The Morgan fingerprint density at radius 2 is 2.00 bits per heavy atom. The van der Waals surface area contributed by atoms with Crippen LogP contribution in [0, 0.1) is 6.92 Å². The zero-order valence-electron chi connectivity index (χ0n) is 17.6. The quantitative estimate of drug-likeness (QED) is 0.335. The van der Waals surface area contributed by atoms with Crippen molar-refractivity contribution in [3.05, 3.63) is 70.3 Å². The summed E-state index contributed by atoms with van der Waals surface area (Å²) in [5.41, 5.74) is 3.58. The third kappa shape index (κ3) is 5.42. The van der Waals surface area contributed by atoms with E-state index >= 15 is 0 Å². The van der Waals surface area contributed by atoms with Gasteiger partial charge in [0, 0.05) is 22.5 Å². The van der Waals surface area contributed by atoms with Crippen molar-refractivity contribution < 1.29 is 13.9 Å². The highest BCUT2D eigenvalue weighted by atomic mass is 35.5. The third-order valence-electron chi connectivity index (χ3n) is 4.69. The van der Waals surface area contributed by atoms with Gasteiger partial charge in [0.05, 0.1) is 5.02 Å². The van der Waals surface area contributed by atoms with Crippen LogP contribution >= 0.6 is 35.4 Å². The number of anilines is 1. The highest BCUT2D eigenvalue weighted by Crippen LogP contribution is 2.29. The number of amides is 1. The summed E-state index contributed by atoms with van der Waals surface area (Å²) in [7, 11) is 0. The van der Waals surface area contributed by atoms with Gasteiger partial charge in [0.25, 0.3) is 5.91 Å². The standard InChI is InChI=1S/C23H18Cl2N4O3S/c1-12-10-14(22-28-20-19(32-22)4-3-9-26-20)5-7-17(12)27-23(33)29-21(30)13(2)31-18-8-6-15(24)11-16(18)25/h3-11,13H,1-2H3,(H2,27,29,30,33)/t13-/m0/s1. The van der Waals surface area contributed by atoms with Gasteiger partial charge in [0.1, 0.15) is 5.75 Å². The number of carbonyl (C=O) groups is 1. The smallest absolute Gasteiger partial charge is 0.266 e. The topological polar surface area (TPSA) is 89.3 Å². The lowest BCUT2D eigenvalue weighted by Crippen LogP contribution is -2.42. The molecule has 0 aliphatic heterocycles. The molecule has 0 fully saturated rings. The van der Waals surface area contributed by atoms with E-state index in [2.05, 4.69) is 20.6 Å². The van der Waals surface area contributed by atoms with Crippen LogP contribution in [0.5, 0.6) is 5.75 Å². The fourth-order valence-corrected chi connectivity index (χ4v) is 3.67. The van der Waals surface area contributed by atoms with Crippen LogP contribution in [0.1, 0.15) is 12.5 Å². The highest BCUT2D eigenvalue weighted by molar-refractivity contribution is 7.80. The number of thiocarbonyl (C=S) groups is 1. The van der Waals surface area contributed by atoms with Crippen LogP contribution in [0.15, 0.2) is 59.1 Å². The van der Waals surface area contributed by atoms with Gasteiger partial charge in [-0.2, -0.15) is 4.98 Å². The molecule has 0 spiro atoms. The van der Waals surface area contributed by atoms with Gasteiger partial charge in [-0.3, -0.25) is 10.1 Å². The number of carbonyl (C=O) groups excluding carboxylic acids is 1. The van der Waals surface area contributed by atoms with Crippen molar-refractivity contribution in [2.45, 2.75) is 20.0 Å². The maximum atomic E-state index is 12.5. The molecule has 7 nitrogen and oxygen atoms in total. The number of nitrogens with one attached hydrogen (secondary N) is 2. The summed E-state index contributed by atoms with van der Waals surface area (Å²) in [6.45, 7) is 3.50. The van der Waals surface area contributed by atoms with Crippen LogP contribution in [-0.4, -0.2) is 27.1 Å². The lowest BCUT2D eigenvalue weighted by molar-refractivity contribution is -0.125. The molecule has 0 unspecified atom stereocenters. The predicted molar refractivity (Wildman–Crippen MR) is 133 cm³/mol. The molecular formula is C23H18Cl2N4O3S. The van der Waals surface area contributed by atoms with E-state index in [4.69, 9.17) is 44.6 Å². The molecule has 0 aliphatic rings. The number of hydrogen-bond acceptors (Lipinski definition) is 6. The molecule has 0 radical (unpaired) electrons. The highest BCUT2D eigenvalue weighted by Gasteiger charge is 2.18. The summed E-state index contributed by atoms with van der Waals surface area (Å²) in [6, 6.07) is 14.0. The second kappa shape index (κ2) is 9.74. The molecule has 0 aliphatic carbocycles. The van der Waals surface area contributed by atoms with Crippen LogP contribution in [0.2, 0.25) is 10.0 Å². The number of aryl methyl sites for hydroxylation is 1. The lowest BCUT2D eigenvalue weighted by atomic mass is 10.1. The minimum atomic E-state index is -0.834. The normalized spacial score (nSPS) is 11.8. The fourth-order valence-electron chi connectivity index (χ4n) is 3.01. The van der Waals surface area contributed by atoms with Crippen molar-refractivity contribution in [1.29, 1.82) is 0 Å². The second-order valence-electron chi connectivity index (χ2n) is 7.15. The van der Waals surface area contributed by atoms with Gasteiger partial charge in [-0.25, -0.2) is 4.98 Å². The Balaban J connectivity index is 1.39. The first-order valence-electron chi connectivity index (χ1n) is 9.86. The third-order valence-corrected chi connectivity index (χ3v) is 5.42. The van der Waals surface area contributed by atoms with Crippen LogP contribution in [-0.2, 0) is 4.79 Å². The first-order valence-corrected chi connectivity index (χ1v) is 11.0. The molecule has 0 saturated carbocycles. The Labute approximate surface area is 205 Å². The minimum absolute atomic E-state index is 0.138. The van der Waals surface area contributed by atoms with Crippen LogP contribution in [0.25, 0.3) is 22.7 Å².